The van der Waals surface area contributed by atoms with Gasteiger partial charge < -0.3 is 0 Å². The predicted octanol–water partition coefficient (Wildman–Crippen LogP) is 2.80. The van der Waals surface area contributed by atoms with E-state index >= 15 is 0 Å². The summed E-state index contributed by atoms with van der Waals surface area (Å²) in [6.45, 7) is 0. The standard InChI is InChI=1S/C13H10O4S.CH4/c14-13(10-4-2-1-3-5-10)11-6-8-12(9-7-11)18(15,16)17;/h1-9H,(H,15,16,17);1H4. The predicted molar refractivity (Wildman–Crippen MR) is 72.9 cm³/mol. The minimum absolute atomic E-state index is 0. The summed E-state index contributed by atoms with van der Waals surface area (Å²) in [6, 6.07) is 13.8. The molecule has 0 spiro atoms. The number of carbonyl (C=O) groups is 1. The molecular weight excluding hydrogens is 264 g/mol. The Morgan fingerprint density at radius 3 is 1.79 bits per heavy atom. The van der Waals surface area contributed by atoms with E-state index in [0.29, 0.717) is 11.1 Å². The Morgan fingerprint density at radius 2 is 1.32 bits per heavy atom. The molecule has 5 heteroatoms. The molecule has 0 saturated heterocycles. The van der Waals surface area contributed by atoms with Gasteiger partial charge in [0.1, 0.15) is 0 Å². The molecule has 2 aromatic carbocycles. The maximum Gasteiger partial charge on any atom is 0.294 e. The first kappa shape index (κ1) is 15.1. The SMILES string of the molecule is C.O=C(c1ccccc1)c1ccc(S(=O)(=O)O)cc1. The van der Waals surface area contributed by atoms with Crippen molar-refractivity contribution < 1.29 is 17.8 Å². The molecule has 1 N–H and O–H groups in total. The van der Waals surface area contributed by atoms with Crippen LogP contribution in [0.5, 0.6) is 0 Å². The second-order valence-electron chi connectivity index (χ2n) is 3.69. The van der Waals surface area contributed by atoms with E-state index in [1.165, 1.54) is 24.3 Å². The van der Waals surface area contributed by atoms with Gasteiger partial charge in [-0.15, -0.1) is 0 Å². The second kappa shape index (κ2) is 5.77. The Kier molecular flexibility index (Phi) is 4.58. The van der Waals surface area contributed by atoms with Crippen LogP contribution in [0.4, 0.5) is 0 Å². The van der Waals surface area contributed by atoms with Crippen molar-refractivity contribution in [3.8, 4) is 0 Å². The molecule has 0 atom stereocenters. The van der Waals surface area contributed by atoms with Crippen LogP contribution in [0.1, 0.15) is 23.3 Å². The molecule has 0 aromatic heterocycles. The van der Waals surface area contributed by atoms with Crippen LogP contribution in [-0.4, -0.2) is 18.8 Å². The molecule has 0 radical (unpaired) electrons. The lowest BCUT2D eigenvalue weighted by Gasteiger charge is -2.02. The van der Waals surface area contributed by atoms with Gasteiger partial charge in [0.15, 0.2) is 5.78 Å². The third kappa shape index (κ3) is 3.49. The number of hydrogen-bond acceptors (Lipinski definition) is 3. The first-order chi connectivity index (χ1) is 8.48. The van der Waals surface area contributed by atoms with Gasteiger partial charge in [-0.25, -0.2) is 0 Å². The van der Waals surface area contributed by atoms with Crippen molar-refractivity contribution in [3.63, 3.8) is 0 Å². The van der Waals surface area contributed by atoms with Crippen molar-refractivity contribution in [2.24, 2.45) is 0 Å². The van der Waals surface area contributed by atoms with Gasteiger partial charge in [0, 0.05) is 11.1 Å². The van der Waals surface area contributed by atoms with Gasteiger partial charge in [-0.05, 0) is 24.3 Å². The van der Waals surface area contributed by atoms with E-state index in [1.54, 1.807) is 30.3 Å². The highest BCUT2D eigenvalue weighted by molar-refractivity contribution is 7.85. The van der Waals surface area contributed by atoms with Gasteiger partial charge in [-0.2, -0.15) is 8.42 Å². The van der Waals surface area contributed by atoms with Crippen molar-refractivity contribution in [3.05, 3.63) is 65.7 Å². The third-order valence-corrected chi connectivity index (χ3v) is 3.32. The monoisotopic (exact) mass is 278 g/mol. The van der Waals surface area contributed by atoms with Crippen molar-refractivity contribution in [2.75, 3.05) is 0 Å². The summed E-state index contributed by atoms with van der Waals surface area (Å²) in [7, 11) is -4.22. The molecular formula is C14H14O4S. The zero-order chi connectivity index (χ0) is 13.2. The van der Waals surface area contributed by atoms with Crippen molar-refractivity contribution in [2.45, 2.75) is 12.3 Å². The van der Waals surface area contributed by atoms with E-state index in [0.717, 1.165) is 0 Å². The van der Waals surface area contributed by atoms with Crippen LogP contribution in [0.3, 0.4) is 0 Å². The molecule has 0 unspecified atom stereocenters. The maximum absolute atomic E-state index is 12.0. The summed E-state index contributed by atoms with van der Waals surface area (Å²) in [6.07, 6.45) is 0. The molecule has 19 heavy (non-hydrogen) atoms. The smallest absolute Gasteiger partial charge is 0.289 e. The minimum Gasteiger partial charge on any atom is -0.289 e. The van der Waals surface area contributed by atoms with Crippen LogP contribution >= 0.6 is 0 Å². The average molecular weight is 278 g/mol. The molecule has 0 aliphatic carbocycles. The van der Waals surface area contributed by atoms with E-state index in [9.17, 15) is 13.2 Å². The molecule has 0 saturated carbocycles. The Labute approximate surface area is 112 Å². The number of hydrogen-bond donors (Lipinski definition) is 1. The maximum atomic E-state index is 12.0. The number of carbonyl (C=O) groups excluding carboxylic acids is 1. The lowest BCUT2D eigenvalue weighted by molar-refractivity contribution is 0.103. The first-order valence-corrected chi connectivity index (χ1v) is 6.60. The van der Waals surface area contributed by atoms with E-state index in [4.69, 9.17) is 4.55 Å². The summed E-state index contributed by atoms with van der Waals surface area (Å²) in [4.78, 5) is 11.8. The number of ketones is 1. The van der Waals surface area contributed by atoms with Crippen molar-refractivity contribution in [1.82, 2.24) is 0 Å². The third-order valence-electron chi connectivity index (χ3n) is 2.45. The highest BCUT2D eigenvalue weighted by atomic mass is 32.2. The average Bonchev–Trinajstić information content (AvgIpc) is 2.38. The Bertz CT molecular complexity index is 658. The molecule has 0 heterocycles. The van der Waals surface area contributed by atoms with Crippen LogP contribution in [0.15, 0.2) is 59.5 Å². The number of benzene rings is 2. The molecule has 2 rings (SSSR count). The van der Waals surface area contributed by atoms with E-state index in [1.807, 2.05) is 0 Å². The van der Waals surface area contributed by atoms with Gasteiger partial charge in [0.25, 0.3) is 10.1 Å². The van der Waals surface area contributed by atoms with Crippen LogP contribution in [0.2, 0.25) is 0 Å². The zero-order valence-corrected chi connectivity index (χ0v) is 10.1. The Morgan fingerprint density at radius 1 is 0.842 bits per heavy atom. The number of rotatable bonds is 3. The Balaban J connectivity index is 0.00000180. The fourth-order valence-corrected chi connectivity index (χ4v) is 2.01. The molecule has 0 bridgehead atoms. The molecule has 0 aliphatic heterocycles. The largest absolute Gasteiger partial charge is 0.294 e. The molecule has 4 nitrogen and oxygen atoms in total. The molecule has 0 aliphatic rings. The van der Waals surface area contributed by atoms with E-state index in [-0.39, 0.29) is 18.1 Å². The summed E-state index contributed by atoms with van der Waals surface area (Å²) >= 11 is 0. The van der Waals surface area contributed by atoms with Crippen LogP contribution in [0.25, 0.3) is 0 Å². The van der Waals surface area contributed by atoms with Gasteiger partial charge >= 0.3 is 0 Å². The van der Waals surface area contributed by atoms with Crippen molar-refractivity contribution in [1.29, 1.82) is 0 Å². The minimum atomic E-state index is -4.22. The first-order valence-electron chi connectivity index (χ1n) is 5.16. The van der Waals surface area contributed by atoms with Crippen LogP contribution in [0, 0.1) is 0 Å². The summed E-state index contributed by atoms with van der Waals surface area (Å²) in [5.74, 6) is -0.197. The summed E-state index contributed by atoms with van der Waals surface area (Å²) in [5.41, 5.74) is 0.894. The lowest BCUT2D eigenvalue weighted by Crippen LogP contribution is -2.02. The van der Waals surface area contributed by atoms with Gasteiger partial charge in [-0.1, -0.05) is 37.8 Å². The van der Waals surface area contributed by atoms with Gasteiger partial charge in [0.05, 0.1) is 4.90 Å². The van der Waals surface area contributed by atoms with Gasteiger partial charge in [0.2, 0.25) is 0 Å². The summed E-state index contributed by atoms with van der Waals surface area (Å²) in [5, 5.41) is 0. The fourth-order valence-electron chi connectivity index (χ4n) is 1.53. The molecule has 2 aromatic rings. The van der Waals surface area contributed by atoms with E-state index < -0.39 is 10.1 Å². The molecule has 0 amide bonds. The fraction of sp³-hybridized carbons (Fsp3) is 0.0714. The quantitative estimate of drug-likeness (QED) is 0.692. The zero-order valence-electron chi connectivity index (χ0n) is 9.28. The van der Waals surface area contributed by atoms with E-state index in [2.05, 4.69) is 0 Å². The molecule has 0 fully saturated rings. The Hall–Kier alpha value is -1.98. The second-order valence-corrected chi connectivity index (χ2v) is 5.12. The molecule has 100 valence electrons. The normalized spacial score (nSPS) is 10.6. The van der Waals surface area contributed by atoms with Crippen LogP contribution < -0.4 is 0 Å². The lowest BCUT2D eigenvalue weighted by atomic mass is 10.0. The van der Waals surface area contributed by atoms with Crippen molar-refractivity contribution >= 4 is 15.9 Å². The topological polar surface area (TPSA) is 71.4 Å². The van der Waals surface area contributed by atoms with Crippen LogP contribution in [-0.2, 0) is 10.1 Å². The summed E-state index contributed by atoms with van der Waals surface area (Å²) < 4.78 is 30.5. The highest BCUT2D eigenvalue weighted by Crippen LogP contribution is 2.13. The van der Waals surface area contributed by atoms with Gasteiger partial charge in [-0.3, -0.25) is 9.35 Å². The highest BCUT2D eigenvalue weighted by Gasteiger charge is 2.12.